The number of rotatable bonds is 8. The van der Waals surface area contributed by atoms with E-state index in [-0.39, 0.29) is 30.1 Å². The van der Waals surface area contributed by atoms with E-state index in [1.54, 1.807) is 13.8 Å². The summed E-state index contributed by atoms with van der Waals surface area (Å²) in [4.78, 5) is 25.0. The molecule has 0 bridgehead atoms. The number of methoxy groups -OCH3 is 1. The van der Waals surface area contributed by atoms with Crippen LogP contribution < -0.4 is 11.1 Å². The quantitative estimate of drug-likeness (QED) is 0.178. The molecule has 0 aliphatic rings. The second kappa shape index (κ2) is 9.13. The number of nitrogens with one attached hydrogen (secondary N) is 1. The van der Waals surface area contributed by atoms with Crippen LogP contribution in [-0.4, -0.2) is 61.6 Å². The van der Waals surface area contributed by atoms with E-state index in [2.05, 4.69) is 10.5 Å². The summed E-state index contributed by atoms with van der Waals surface area (Å²) in [5.41, 5.74) is 5.52. The van der Waals surface area contributed by atoms with Crippen molar-refractivity contribution in [1.82, 2.24) is 10.2 Å². The Morgan fingerprint density at radius 2 is 2.05 bits per heavy atom. The topological polar surface area (TPSA) is 117 Å². The number of carbonyl (C=O) groups is 2. The predicted octanol–water partition coefficient (Wildman–Crippen LogP) is -0.774. The van der Waals surface area contributed by atoms with Gasteiger partial charge in [0.05, 0.1) is 13.2 Å². The van der Waals surface area contributed by atoms with Crippen molar-refractivity contribution >= 4 is 17.6 Å². The van der Waals surface area contributed by atoms with E-state index in [0.717, 1.165) is 0 Å². The number of carbonyl (C=O) groups excluding carboxylic acids is 2. The summed E-state index contributed by atoms with van der Waals surface area (Å²) in [5, 5.41) is 14.2. The van der Waals surface area contributed by atoms with Crippen molar-refractivity contribution in [1.29, 1.82) is 0 Å². The third-order valence-electron chi connectivity index (χ3n) is 2.75. The smallest absolute Gasteiger partial charge is 0.239 e. The summed E-state index contributed by atoms with van der Waals surface area (Å²) < 4.78 is 4.81. The lowest BCUT2D eigenvalue weighted by atomic mass is 9.93. The van der Waals surface area contributed by atoms with Crippen molar-refractivity contribution < 1.29 is 19.5 Å². The molecular weight excluding hydrogens is 264 g/mol. The van der Waals surface area contributed by atoms with Crippen molar-refractivity contribution in [2.24, 2.45) is 22.7 Å². The lowest BCUT2D eigenvalue weighted by molar-refractivity contribution is -0.137. The van der Waals surface area contributed by atoms with Crippen LogP contribution in [0.2, 0.25) is 0 Å². The molecule has 0 aromatic rings. The summed E-state index contributed by atoms with van der Waals surface area (Å²) in [7, 11) is 3.03. The normalized spacial score (nSPS) is 13.2. The minimum atomic E-state index is -0.753. The third kappa shape index (κ3) is 5.87. The molecule has 0 radical (unpaired) electrons. The monoisotopic (exact) mass is 288 g/mol. The molecule has 8 heteroatoms. The fourth-order valence-electron chi connectivity index (χ4n) is 1.69. The molecule has 20 heavy (non-hydrogen) atoms. The second-order valence-corrected chi connectivity index (χ2v) is 4.78. The van der Waals surface area contributed by atoms with Gasteiger partial charge in [0, 0.05) is 20.7 Å². The molecule has 0 aliphatic heterocycles. The predicted molar refractivity (Wildman–Crippen MR) is 74.3 cm³/mol. The molecule has 1 unspecified atom stereocenters. The number of ether oxygens (including phenoxy) is 1. The van der Waals surface area contributed by atoms with Crippen molar-refractivity contribution in [3.8, 4) is 0 Å². The van der Waals surface area contributed by atoms with Crippen LogP contribution in [0.4, 0.5) is 0 Å². The van der Waals surface area contributed by atoms with Crippen LogP contribution >= 0.6 is 0 Å². The molecule has 8 nitrogen and oxygen atoms in total. The summed E-state index contributed by atoms with van der Waals surface area (Å²) in [6, 6.07) is 0. The standard InChI is InChI=1S/C12H24N4O4/c1-8(2)10(11(13)15-19)12(18)16(3)7-9(17)14-5-6-20-4/h8,10,19H,5-7H2,1-4H3,(H2,13,15)(H,14,17). The zero-order valence-electron chi connectivity index (χ0n) is 12.4. The van der Waals surface area contributed by atoms with E-state index in [4.69, 9.17) is 15.7 Å². The average Bonchev–Trinajstić information content (AvgIpc) is 2.38. The molecule has 0 aromatic heterocycles. The number of hydrogen-bond donors (Lipinski definition) is 3. The van der Waals surface area contributed by atoms with Gasteiger partial charge in [-0.25, -0.2) is 0 Å². The molecule has 0 saturated carbocycles. The number of hydrogen-bond acceptors (Lipinski definition) is 5. The van der Waals surface area contributed by atoms with Gasteiger partial charge in [-0.2, -0.15) is 0 Å². The number of nitrogens with two attached hydrogens (primary N) is 1. The first-order chi connectivity index (χ1) is 9.34. The number of amides is 2. The molecule has 0 spiro atoms. The molecule has 0 aliphatic carbocycles. The van der Waals surface area contributed by atoms with Crippen LogP contribution in [0.15, 0.2) is 5.16 Å². The zero-order valence-corrected chi connectivity index (χ0v) is 12.4. The van der Waals surface area contributed by atoms with Crippen LogP contribution in [-0.2, 0) is 14.3 Å². The maximum Gasteiger partial charge on any atom is 0.239 e. The molecule has 2 amide bonds. The number of nitrogens with zero attached hydrogens (tertiary/aromatic N) is 2. The van der Waals surface area contributed by atoms with Crippen molar-refractivity contribution in [3.05, 3.63) is 0 Å². The zero-order chi connectivity index (χ0) is 15.7. The highest BCUT2D eigenvalue weighted by Gasteiger charge is 2.30. The Labute approximate surface area is 118 Å². The Hall–Kier alpha value is -1.83. The summed E-state index contributed by atoms with van der Waals surface area (Å²) in [6.07, 6.45) is 0. The molecule has 0 fully saturated rings. The van der Waals surface area contributed by atoms with Gasteiger partial charge in [0.1, 0.15) is 5.92 Å². The summed E-state index contributed by atoms with van der Waals surface area (Å²) >= 11 is 0. The van der Waals surface area contributed by atoms with Gasteiger partial charge in [-0.3, -0.25) is 9.59 Å². The number of likely N-dealkylation sites (N-methyl/N-ethyl adjacent to an activating group) is 1. The van der Waals surface area contributed by atoms with Gasteiger partial charge >= 0.3 is 0 Å². The van der Waals surface area contributed by atoms with Crippen LogP contribution in [0.5, 0.6) is 0 Å². The van der Waals surface area contributed by atoms with Gasteiger partial charge in [-0.05, 0) is 5.92 Å². The minimum absolute atomic E-state index is 0.0928. The van der Waals surface area contributed by atoms with Crippen LogP contribution in [0.1, 0.15) is 13.8 Å². The first-order valence-corrected chi connectivity index (χ1v) is 6.33. The average molecular weight is 288 g/mol. The highest BCUT2D eigenvalue weighted by Crippen LogP contribution is 2.14. The number of oxime groups is 1. The maximum atomic E-state index is 12.2. The largest absolute Gasteiger partial charge is 0.409 e. The Morgan fingerprint density at radius 1 is 1.45 bits per heavy atom. The van der Waals surface area contributed by atoms with Crippen LogP contribution in [0.3, 0.4) is 0 Å². The first-order valence-electron chi connectivity index (χ1n) is 6.33. The first kappa shape index (κ1) is 18.2. The fraction of sp³-hybridized carbons (Fsp3) is 0.750. The molecule has 0 rings (SSSR count). The molecule has 4 N–H and O–H groups in total. The van der Waals surface area contributed by atoms with E-state index in [1.165, 1.54) is 19.1 Å². The third-order valence-corrected chi connectivity index (χ3v) is 2.75. The Balaban J connectivity index is 4.55. The molecule has 0 saturated heterocycles. The second-order valence-electron chi connectivity index (χ2n) is 4.78. The Morgan fingerprint density at radius 3 is 2.50 bits per heavy atom. The highest BCUT2D eigenvalue weighted by molar-refractivity contribution is 6.03. The van der Waals surface area contributed by atoms with Crippen LogP contribution in [0.25, 0.3) is 0 Å². The Bertz CT molecular complexity index is 357. The van der Waals surface area contributed by atoms with Gasteiger partial charge in [-0.1, -0.05) is 19.0 Å². The highest BCUT2D eigenvalue weighted by atomic mass is 16.5. The van der Waals surface area contributed by atoms with Crippen molar-refractivity contribution in [3.63, 3.8) is 0 Å². The van der Waals surface area contributed by atoms with E-state index in [9.17, 15) is 9.59 Å². The molecular formula is C12H24N4O4. The van der Waals surface area contributed by atoms with Crippen LogP contribution in [0, 0.1) is 11.8 Å². The number of amidine groups is 1. The van der Waals surface area contributed by atoms with Crippen molar-refractivity contribution in [2.45, 2.75) is 13.8 Å². The molecule has 1 atom stereocenters. The van der Waals surface area contributed by atoms with E-state index >= 15 is 0 Å². The van der Waals surface area contributed by atoms with E-state index in [1.807, 2.05) is 0 Å². The summed E-state index contributed by atoms with van der Waals surface area (Å²) in [5.74, 6) is -1.71. The van der Waals surface area contributed by atoms with Gasteiger partial charge in [-0.15, -0.1) is 0 Å². The molecule has 116 valence electrons. The van der Waals surface area contributed by atoms with Gasteiger partial charge in [0.15, 0.2) is 5.84 Å². The Kier molecular flexibility index (Phi) is 8.30. The fourth-order valence-corrected chi connectivity index (χ4v) is 1.69. The van der Waals surface area contributed by atoms with Gasteiger partial charge in [0.2, 0.25) is 11.8 Å². The lowest BCUT2D eigenvalue weighted by Crippen LogP contribution is -2.46. The van der Waals surface area contributed by atoms with Gasteiger partial charge in [0.25, 0.3) is 0 Å². The van der Waals surface area contributed by atoms with E-state index in [0.29, 0.717) is 13.2 Å². The maximum absolute atomic E-state index is 12.2. The molecule has 0 heterocycles. The van der Waals surface area contributed by atoms with Crippen molar-refractivity contribution in [2.75, 3.05) is 33.9 Å². The summed E-state index contributed by atoms with van der Waals surface area (Å²) in [6.45, 7) is 4.26. The SMILES string of the molecule is COCCNC(=O)CN(C)C(=O)C(C(N)=NO)C(C)C. The minimum Gasteiger partial charge on any atom is -0.409 e. The van der Waals surface area contributed by atoms with Gasteiger partial charge < -0.3 is 25.9 Å². The molecule has 0 aromatic carbocycles. The van der Waals surface area contributed by atoms with E-state index < -0.39 is 5.92 Å². The lowest BCUT2D eigenvalue weighted by Gasteiger charge is -2.24.